The maximum absolute atomic E-state index is 13.2. The van der Waals surface area contributed by atoms with Crippen molar-refractivity contribution in [1.82, 2.24) is 9.55 Å². The van der Waals surface area contributed by atoms with Crippen LogP contribution >= 0.6 is 0 Å². The van der Waals surface area contributed by atoms with Gasteiger partial charge in [0.15, 0.2) is 0 Å². The van der Waals surface area contributed by atoms with E-state index in [-0.39, 0.29) is 11.9 Å². The molecule has 1 aliphatic rings. The highest BCUT2D eigenvalue weighted by molar-refractivity contribution is 5.79. The van der Waals surface area contributed by atoms with Crippen LogP contribution in [-0.2, 0) is 6.54 Å². The molecule has 1 saturated heterocycles. The smallest absolute Gasteiger partial charge is 0.206 e. The molecule has 124 valence electrons. The third kappa shape index (κ3) is 2.87. The summed E-state index contributed by atoms with van der Waals surface area (Å²) >= 11 is 0. The van der Waals surface area contributed by atoms with Gasteiger partial charge in [-0.15, -0.1) is 0 Å². The van der Waals surface area contributed by atoms with Crippen molar-refractivity contribution in [3.8, 4) is 0 Å². The molecule has 0 aliphatic carbocycles. The van der Waals surface area contributed by atoms with Crippen LogP contribution in [0.2, 0.25) is 0 Å². The van der Waals surface area contributed by atoms with Crippen molar-refractivity contribution in [1.29, 1.82) is 0 Å². The number of halogens is 1. The minimum Gasteiger partial charge on any atom is -0.341 e. The lowest BCUT2D eigenvalue weighted by molar-refractivity contribution is 0.495. The number of nitrogens with zero attached hydrogens (tertiary/aromatic N) is 3. The summed E-state index contributed by atoms with van der Waals surface area (Å²) < 4.78 is 15.4. The van der Waals surface area contributed by atoms with Crippen LogP contribution in [0.3, 0.4) is 0 Å². The summed E-state index contributed by atoms with van der Waals surface area (Å²) in [4.78, 5) is 7.12. The minimum absolute atomic E-state index is 0.192. The van der Waals surface area contributed by atoms with Gasteiger partial charge in [-0.05, 0) is 42.7 Å². The zero-order valence-electron chi connectivity index (χ0n) is 13.5. The molecule has 5 heteroatoms. The molecule has 0 saturated carbocycles. The number of aromatic nitrogens is 2. The van der Waals surface area contributed by atoms with Crippen LogP contribution in [-0.4, -0.2) is 28.7 Å². The SMILES string of the molecule is N[C@@H]1CCCN(c2nc3ccccc3n2Cc2ccc(F)cc2)C1. The maximum atomic E-state index is 13.2. The molecule has 1 atom stereocenters. The molecule has 0 unspecified atom stereocenters. The first kappa shape index (κ1) is 15.1. The first-order valence-corrected chi connectivity index (χ1v) is 8.41. The molecule has 2 aromatic carbocycles. The number of para-hydroxylation sites is 2. The number of benzene rings is 2. The standard InChI is InChI=1S/C19H21FN4/c20-15-9-7-14(8-10-15)12-24-18-6-2-1-5-17(18)22-19(24)23-11-3-4-16(21)13-23/h1-2,5-10,16H,3-4,11-13,21H2/t16-/m1/s1. The number of nitrogens with two attached hydrogens (primary N) is 1. The van der Waals surface area contributed by atoms with Gasteiger partial charge in [-0.1, -0.05) is 24.3 Å². The van der Waals surface area contributed by atoms with Crippen molar-refractivity contribution in [2.24, 2.45) is 5.73 Å². The van der Waals surface area contributed by atoms with Crippen LogP contribution in [0.25, 0.3) is 11.0 Å². The van der Waals surface area contributed by atoms with Crippen molar-refractivity contribution in [3.05, 3.63) is 59.9 Å². The van der Waals surface area contributed by atoms with Crippen molar-refractivity contribution in [2.75, 3.05) is 18.0 Å². The Morgan fingerprint density at radius 2 is 1.92 bits per heavy atom. The summed E-state index contributed by atoms with van der Waals surface area (Å²) in [6, 6.07) is 15.0. The molecule has 0 amide bonds. The van der Waals surface area contributed by atoms with Gasteiger partial charge in [-0.25, -0.2) is 9.37 Å². The zero-order valence-corrected chi connectivity index (χ0v) is 13.5. The van der Waals surface area contributed by atoms with E-state index in [0.717, 1.165) is 48.5 Å². The van der Waals surface area contributed by atoms with Crippen LogP contribution in [0.1, 0.15) is 18.4 Å². The molecule has 4 rings (SSSR count). The predicted octanol–water partition coefficient (Wildman–Crippen LogP) is 3.15. The van der Waals surface area contributed by atoms with Crippen LogP contribution in [0, 0.1) is 5.82 Å². The van der Waals surface area contributed by atoms with Gasteiger partial charge >= 0.3 is 0 Å². The molecule has 3 aromatic rings. The summed E-state index contributed by atoms with van der Waals surface area (Å²) in [6.45, 7) is 2.47. The molecule has 1 aromatic heterocycles. The van der Waals surface area contributed by atoms with E-state index < -0.39 is 0 Å². The third-order valence-electron chi connectivity index (χ3n) is 4.63. The predicted molar refractivity (Wildman–Crippen MR) is 94.7 cm³/mol. The van der Waals surface area contributed by atoms with Crippen LogP contribution < -0.4 is 10.6 Å². The highest BCUT2D eigenvalue weighted by atomic mass is 19.1. The van der Waals surface area contributed by atoms with Crippen molar-refractivity contribution >= 4 is 17.0 Å². The molecular weight excluding hydrogens is 303 g/mol. The number of fused-ring (bicyclic) bond motifs is 1. The molecular formula is C19H21FN4. The monoisotopic (exact) mass is 324 g/mol. The lowest BCUT2D eigenvalue weighted by Crippen LogP contribution is -2.44. The number of anilines is 1. The van der Waals surface area contributed by atoms with Gasteiger partial charge in [-0.2, -0.15) is 0 Å². The molecule has 0 bridgehead atoms. The third-order valence-corrected chi connectivity index (χ3v) is 4.63. The molecule has 2 N–H and O–H groups in total. The second-order valence-electron chi connectivity index (χ2n) is 6.46. The average molecular weight is 324 g/mol. The van der Waals surface area contributed by atoms with E-state index in [2.05, 4.69) is 15.5 Å². The van der Waals surface area contributed by atoms with E-state index in [1.807, 2.05) is 30.3 Å². The number of hydrogen-bond donors (Lipinski definition) is 1. The molecule has 1 aliphatic heterocycles. The molecule has 0 spiro atoms. The zero-order chi connectivity index (χ0) is 16.5. The van der Waals surface area contributed by atoms with E-state index in [0.29, 0.717) is 6.54 Å². The topological polar surface area (TPSA) is 47.1 Å². The number of hydrogen-bond acceptors (Lipinski definition) is 3. The average Bonchev–Trinajstić information content (AvgIpc) is 2.96. The Balaban J connectivity index is 1.76. The Bertz CT molecular complexity index is 840. The Labute approximate surface area is 140 Å². The summed E-state index contributed by atoms with van der Waals surface area (Å²) in [5.74, 6) is 0.743. The highest BCUT2D eigenvalue weighted by Gasteiger charge is 2.22. The maximum Gasteiger partial charge on any atom is 0.206 e. The highest BCUT2D eigenvalue weighted by Crippen LogP contribution is 2.26. The van der Waals surface area contributed by atoms with E-state index in [1.54, 1.807) is 0 Å². The minimum atomic E-state index is -0.212. The second kappa shape index (κ2) is 6.24. The Hall–Kier alpha value is -2.40. The van der Waals surface area contributed by atoms with Gasteiger partial charge < -0.3 is 15.2 Å². The van der Waals surface area contributed by atoms with E-state index in [1.165, 1.54) is 12.1 Å². The van der Waals surface area contributed by atoms with Crippen molar-refractivity contribution in [2.45, 2.75) is 25.4 Å². The molecule has 0 radical (unpaired) electrons. The summed E-state index contributed by atoms with van der Waals surface area (Å²) in [5, 5.41) is 0. The van der Waals surface area contributed by atoms with Crippen molar-refractivity contribution < 1.29 is 4.39 Å². The Morgan fingerprint density at radius 1 is 1.12 bits per heavy atom. The quantitative estimate of drug-likeness (QED) is 0.805. The summed E-state index contributed by atoms with van der Waals surface area (Å²) in [5.41, 5.74) is 9.29. The summed E-state index contributed by atoms with van der Waals surface area (Å²) in [6.07, 6.45) is 2.15. The first-order chi connectivity index (χ1) is 11.7. The first-order valence-electron chi connectivity index (χ1n) is 8.41. The largest absolute Gasteiger partial charge is 0.341 e. The second-order valence-corrected chi connectivity index (χ2v) is 6.46. The van der Waals surface area contributed by atoms with Gasteiger partial charge in [0.05, 0.1) is 17.6 Å². The molecule has 1 fully saturated rings. The van der Waals surface area contributed by atoms with Gasteiger partial charge in [0.2, 0.25) is 5.95 Å². The number of imidazole rings is 1. The lowest BCUT2D eigenvalue weighted by atomic mass is 10.1. The molecule has 4 nitrogen and oxygen atoms in total. The fourth-order valence-corrected chi connectivity index (χ4v) is 3.42. The fourth-order valence-electron chi connectivity index (χ4n) is 3.42. The van der Waals surface area contributed by atoms with Gasteiger partial charge in [-0.3, -0.25) is 0 Å². The van der Waals surface area contributed by atoms with E-state index in [9.17, 15) is 4.39 Å². The van der Waals surface area contributed by atoms with Crippen LogP contribution in [0.4, 0.5) is 10.3 Å². The van der Waals surface area contributed by atoms with Crippen LogP contribution in [0.15, 0.2) is 48.5 Å². The molecule has 2 heterocycles. The van der Waals surface area contributed by atoms with Gasteiger partial charge in [0, 0.05) is 19.1 Å². The lowest BCUT2D eigenvalue weighted by Gasteiger charge is -2.32. The number of rotatable bonds is 3. The van der Waals surface area contributed by atoms with E-state index >= 15 is 0 Å². The Kier molecular flexibility index (Phi) is 3.94. The fraction of sp³-hybridized carbons (Fsp3) is 0.316. The van der Waals surface area contributed by atoms with Gasteiger partial charge in [0.1, 0.15) is 5.82 Å². The van der Waals surface area contributed by atoms with Crippen LogP contribution in [0.5, 0.6) is 0 Å². The molecule has 24 heavy (non-hydrogen) atoms. The van der Waals surface area contributed by atoms with Crippen molar-refractivity contribution in [3.63, 3.8) is 0 Å². The van der Waals surface area contributed by atoms with Gasteiger partial charge in [0.25, 0.3) is 0 Å². The summed E-state index contributed by atoms with van der Waals surface area (Å²) in [7, 11) is 0. The number of piperidine rings is 1. The van der Waals surface area contributed by atoms with E-state index in [4.69, 9.17) is 10.7 Å². The normalized spacial score (nSPS) is 18.2. The Morgan fingerprint density at radius 3 is 2.71 bits per heavy atom.